The van der Waals surface area contributed by atoms with Gasteiger partial charge in [-0.15, -0.1) is 0 Å². The van der Waals surface area contributed by atoms with Crippen LogP contribution in [-0.4, -0.2) is 19.7 Å². The van der Waals surface area contributed by atoms with Crippen molar-refractivity contribution in [3.63, 3.8) is 0 Å². The highest BCUT2D eigenvalue weighted by Gasteiger charge is 2.21. The van der Waals surface area contributed by atoms with E-state index in [-0.39, 0.29) is 6.61 Å². The average Bonchev–Trinajstić information content (AvgIpc) is 3.18. The molecule has 0 N–H and O–H groups in total. The number of hydrogen-bond donors (Lipinski definition) is 0. The van der Waals surface area contributed by atoms with E-state index < -0.39 is 5.97 Å². The number of carbonyl (C=O) groups is 1. The highest BCUT2D eigenvalue weighted by Crippen LogP contribution is 2.48. The van der Waals surface area contributed by atoms with Crippen LogP contribution in [0.1, 0.15) is 0 Å². The van der Waals surface area contributed by atoms with Gasteiger partial charge in [-0.3, -0.25) is 0 Å². The molecule has 0 spiro atoms. The molecule has 5 rings (SSSR count). The Labute approximate surface area is 208 Å². The fourth-order valence-corrected chi connectivity index (χ4v) is 5.97. The minimum Gasteiger partial charge on any atom is -0.480 e. The molecule has 0 aliphatic rings. The van der Waals surface area contributed by atoms with Crippen LogP contribution in [0.2, 0.25) is 0 Å². The van der Waals surface area contributed by atoms with E-state index in [0.717, 1.165) is 57.3 Å². The van der Waals surface area contributed by atoms with Gasteiger partial charge < -0.3 is 13.9 Å². The van der Waals surface area contributed by atoms with Gasteiger partial charge in [-0.2, -0.15) is 0 Å². The fraction of sp³-hybridized carbons (Fsp3) is 0.0800. The molecule has 0 radical (unpaired) electrons. The van der Waals surface area contributed by atoms with Crippen LogP contribution >= 0.6 is 47.8 Å². The van der Waals surface area contributed by atoms with Gasteiger partial charge in [0, 0.05) is 21.7 Å². The van der Waals surface area contributed by atoms with Gasteiger partial charge in [0.25, 0.3) is 0 Å². The molecule has 0 fully saturated rings. The van der Waals surface area contributed by atoms with Crippen LogP contribution in [0.25, 0.3) is 43.8 Å². The maximum Gasteiger partial charge on any atom is 0.343 e. The zero-order valence-corrected chi connectivity index (χ0v) is 21.5. The van der Waals surface area contributed by atoms with Crippen LogP contribution in [0.4, 0.5) is 0 Å². The van der Waals surface area contributed by atoms with E-state index in [1.807, 2.05) is 42.5 Å². The lowest BCUT2D eigenvalue weighted by molar-refractivity contribution is -0.142. The van der Waals surface area contributed by atoms with Crippen LogP contribution < -0.4 is 4.74 Å². The third-order valence-corrected chi connectivity index (χ3v) is 7.29. The van der Waals surface area contributed by atoms with Crippen molar-refractivity contribution in [3.05, 3.63) is 74.1 Å². The summed E-state index contributed by atoms with van der Waals surface area (Å²) in [5.74, 6) is 0.0900. The van der Waals surface area contributed by atoms with E-state index in [0.29, 0.717) is 5.75 Å². The number of ether oxygens (including phenoxy) is 2. The molecule has 4 aromatic carbocycles. The molecular formula is C25H15Br3O4. The number of rotatable bonds is 4. The van der Waals surface area contributed by atoms with Crippen molar-refractivity contribution in [3.8, 4) is 16.9 Å². The Kier molecular flexibility index (Phi) is 5.73. The molecule has 32 heavy (non-hydrogen) atoms. The molecule has 0 amide bonds. The number of benzene rings is 4. The first-order valence-corrected chi connectivity index (χ1v) is 12.1. The van der Waals surface area contributed by atoms with Crippen molar-refractivity contribution in [1.29, 1.82) is 0 Å². The van der Waals surface area contributed by atoms with Gasteiger partial charge in [-0.25, -0.2) is 4.79 Å². The maximum atomic E-state index is 11.5. The van der Waals surface area contributed by atoms with Gasteiger partial charge in [0.05, 0.1) is 20.5 Å². The SMILES string of the molecule is COC(=O)COc1c(Br)cc(-c2c3ccccc3c(Br)c3oc4ccccc4c23)cc1Br. The monoisotopic (exact) mass is 616 g/mol. The molecule has 0 aliphatic heterocycles. The Morgan fingerprint density at radius 1 is 0.906 bits per heavy atom. The second-order valence-corrected chi connectivity index (χ2v) is 9.67. The van der Waals surface area contributed by atoms with Crippen LogP contribution in [-0.2, 0) is 9.53 Å². The summed E-state index contributed by atoms with van der Waals surface area (Å²) in [6.45, 7) is -0.176. The third kappa shape index (κ3) is 3.52. The Bertz CT molecular complexity index is 1500. The molecule has 0 aliphatic carbocycles. The number of para-hydroxylation sites is 1. The van der Waals surface area contributed by atoms with Gasteiger partial charge in [-0.05, 0) is 76.9 Å². The van der Waals surface area contributed by atoms with Crippen LogP contribution in [0.5, 0.6) is 5.75 Å². The van der Waals surface area contributed by atoms with E-state index in [2.05, 4.69) is 70.7 Å². The number of fused-ring (bicyclic) bond motifs is 4. The molecule has 160 valence electrons. The Morgan fingerprint density at radius 3 is 2.22 bits per heavy atom. The summed E-state index contributed by atoms with van der Waals surface area (Å²) >= 11 is 11.0. The van der Waals surface area contributed by atoms with Crippen molar-refractivity contribution < 1.29 is 18.7 Å². The number of furan rings is 1. The first-order valence-electron chi connectivity index (χ1n) is 9.70. The smallest absolute Gasteiger partial charge is 0.343 e. The second-order valence-electron chi connectivity index (χ2n) is 7.17. The number of methoxy groups -OCH3 is 1. The van der Waals surface area contributed by atoms with Gasteiger partial charge in [-0.1, -0.05) is 42.5 Å². The summed E-state index contributed by atoms with van der Waals surface area (Å²) in [6, 6.07) is 20.3. The van der Waals surface area contributed by atoms with Gasteiger partial charge >= 0.3 is 5.97 Å². The summed E-state index contributed by atoms with van der Waals surface area (Å²) in [4.78, 5) is 11.5. The van der Waals surface area contributed by atoms with Gasteiger partial charge in [0.1, 0.15) is 11.3 Å². The van der Waals surface area contributed by atoms with Crippen molar-refractivity contribution in [2.75, 3.05) is 13.7 Å². The maximum absolute atomic E-state index is 11.5. The lowest BCUT2D eigenvalue weighted by Gasteiger charge is -2.15. The van der Waals surface area contributed by atoms with Gasteiger partial charge in [0.15, 0.2) is 12.2 Å². The number of esters is 1. The van der Waals surface area contributed by atoms with Gasteiger partial charge in [0.2, 0.25) is 0 Å². The Hall–Kier alpha value is -2.35. The summed E-state index contributed by atoms with van der Waals surface area (Å²) in [5, 5.41) is 4.24. The number of halogens is 3. The Morgan fingerprint density at radius 2 is 1.53 bits per heavy atom. The molecule has 4 nitrogen and oxygen atoms in total. The molecule has 7 heteroatoms. The molecule has 5 aromatic rings. The highest BCUT2D eigenvalue weighted by molar-refractivity contribution is 9.11. The second kappa shape index (κ2) is 8.54. The summed E-state index contributed by atoms with van der Waals surface area (Å²) in [7, 11) is 1.33. The molecular weight excluding hydrogens is 604 g/mol. The number of hydrogen-bond acceptors (Lipinski definition) is 4. The summed E-state index contributed by atoms with van der Waals surface area (Å²) < 4.78 is 19.0. The third-order valence-electron chi connectivity index (χ3n) is 5.33. The van der Waals surface area contributed by atoms with Crippen LogP contribution in [0.3, 0.4) is 0 Å². The lowest BCUT2D eigenvalue weighted by atomic mass is 9.93. The molecule has 0 unspecified atom stereocenters. The highest BCUT2D eigenvalue weighted by atomic mass is 79.9. The lowest BCUT2D eigenvalue weighted by Crippen LogP contribution is -2.13. The van der Waals surface area contributed by atoms with Crippen LogP contribution in [0.15, 0.2) is 78.5 Å². The first kappa shape index (κ1) is 21.5. The first-order chi connectivity index (χ1) is 15.5. The fourth-order valence-electron chi connectivity index (χ4n) is 3.93. The van der Waals surface area contributed by atoms with E-state index in [9.17, 15) is 4.79 Å². The molecule has 1 heterocycles. The zero-order valence-electron chi connectivity index (χ0n) is 16.7. The molecule has 0 saturated heterocycles. The van der Waals surface area contributed by atoms with Crippen molar-refractivity contribution in [1.82, 2.24) is 0 Å². The number of carbonyl (C=O) groups excluding carboxylic acids is 1. The predicted molar refractivity (Wildman–Crippen MR) is 137 cm³/mol. The molecule has 0 bridgehead atoms. The van der Waals surface area contributed by atoms with Crippen LogP contribution in [0, 0.1) is 0 Å². The van der Waals surface area contributed by atoms with Crippen molar-refractivity contribution in [2.45, 2.75) is 0 Å². The van der Waals surface area contributed by atoms with Crippen molar-refractivity contribution in [2.24, 2.45) is 0 Å². The molecule has 0 atom stereocenters. The topological polar surface area (TPSA) is 48.7 Å². The minimum atomic E-state index is -0.446. The zero-order chi connectivity index (χ0) is 22.4. The average molecular weight is 619 g/mol. The van der Waals surface area contributed by atoms with Crippen molar-refractivity contribution >= 4 is 86.5 Å². The molecule has 1 aromatic heterocycles. The van der Waals surface area contributed by atoms with E-state index in [4.69, 9.17) is 9.15 Å². The minimum absolute atomic E-state index is 0.176. The van der Waals surface area contributed by atoms with E-state index in [1.54, 1.807) is 0 Å². The molecule has 0 saturated carbocycles. The Balaban J connectivity index is 1.82. The summed E-state index contributed by atoms with van der Waals surface area (Å²) in [6.07, 6.45) is 0. The largest absolute Gasteiger partial charge is 0.480 e. The van der Waals surface area contributed by atoms with E-state index >= 15 is 0 Å². The summed E-state index contributed by atoms with van der Waals surface area (Å²) in [5.41, 5.74) is 3.67. The quantitative estimate of drug-likeness (QED) is 0.190. The van der Waals surface area contributed by atoms with E-state index in [1.165, 1.54) is 7.11 Å². The normalized spacial score (nSPS) is 11.4. The predicted octanol–water partition coefficient (Wildman–Crippen LogP) is 8.25. The standard InChI is InChI=1S/C25H15Br3O4/c1-30-20(29)12-31-24-17(26)10-13(11-18(24)27)21-14-6-2-3-7-15(14)23(28)25-22(21)16-8-4-5-9-19(16)32-25/h2-11H,12H2,1H3.